The van der Waals surface area contributed by atoms with Crippen molar-refractivity contribution in [1.82, 2.24) is 20.1 Å². The molecule has 0 aliphatic rings. The summed E-state index contributed by atoms with van der Waals surface area (Å²) in [6.07, 6.45) is 1.86. The summed E-state index contributed by atoms with van der Waals surface area (Å²) in [6, 6.07) is 2.40. The van der Waals surface area contributed by atoms with Crippen LogP contribution >= 0.6 is 0 Å². The summed E-state index contributed by atoms with van der Waals surface area (Å²) in [6.45, 7) is 16.1. The van der Waals surface area contributed by atoms with Gasteiger partial charge in [-0.15, -0.1) is 0 Å². The third-order valence-corrected chi connectivity index (χ3v) is 4.62. The largest absolute Gasteiger partial charge is 0.297 e. The van der Waals surface area contributed by atoms with E-state index in [0.29, 0.717) is 0 Å². The second-order valence-corrected chi connectivity index (χ2v) is 6.05. The second kappa shape index (κ2) is 7.92. The van der Waals surface area contributed by atoms with Crippen LogP contribution in [0.4, 0.5) is 0 Å². The standard InChI is InChI=1S/C16H33N5/c1-7-13-11-14(21(10-4)19-13)12-15(18-17)16(5,6)20(8-2)9-3/h11,15,18H,7-10,12,17H2,1-6H3. The molecule has 0 radical (unpaired) electrons. The van der Waals surface area contributed by atoms with Crippen LogP contribution in [0.2, 0.25) is 0 Å². The molecule has 0 bridgehead atoms. The summed E-state index contributed by atoms with van der Waals surface area (Å²) in [5.74, 6) is 5.88. The van der Waals surface area contributed by atoms with Gasteiger partial charge in [0.05, 0.1) is 5.69 Å². The van der Waals surface area contributed by atoms with E-state index < -0.39 is 0 Å². The van der Waals surface area contributed by atoms with Crippen molar-refractivity contribution in [3.63, 3.8) is 0 Å². The van der Waals surface area contributed by atoms with Crippen LogP contribution in [0.15, 0.2) is 6.07 Å². The summed E-state index contributed by atoms with van der Waals surface area (Å²) >= 11 is 0. The van der Waals surface area contributed by atoms with E-state index in [1.807, 2.05) is 0 Å². The highest BCUT2D eigenvalue weighted by atomic mass is 15.3. The molecule has 5 heteroatoms. The van der Waals surface area contributed by atoms with Crippen LogP contribution in [0.25, 0.3) is 0 Å². The Morgan fingerprint density at radius 1 is 1.29 bits per heavy atom. The first kappa shape index (κ1) is 18.1. The van der Waals surface area contributed by atoms with Crippen molar-refractivity contribution in [1.29, 1.82) is 0 Å². The van der Waals surface area contributed by atoms with E-state index >= 15 is 0 Å². The van der Waals surface area contributed by atoms with E-state index in [0.717, 1.165) is 38.2 Å². The van der Waals surface area contributed by atoms with Gasteiger partial charge in [0.15, 0.2) is 0 Å². The molecule has 122 valence electrons. The lowest BCUT2D eigenvalue weighted by Gasteiger charge is -2.43. The molecule has 1 rings (SSSR count). The Bertz CT molecular complexity index is 420. The number of nitrogens with two attached hydrogens (primary N) is 1. The van der Waals surface area contributed by atoms with Gasteiger partial charge in [0.25, 0.3) is 0 Å². The molecule has 0 saturated heterocycles. The van der Waals surface area contributed by atoms with Gasteiger partial charge in [-0.3, -0.25) is 20.9 Å². The topological polar surface area (TPSA) is 59.1 Å². The Labute approximate surface area is 129 Å². The number of nitrogens with one attached hydrogen (secondary N) is 1. The highest BCUT2D eigenvalue weighted by Crippen LogP contribution is 2.22. The number of likely N-dealkylation sites (N-methyl/N-ethyl adjacent to an activating group) is 1. The molecular weight excluding hydrogens is 262 g/mol. The monoisotopic (exact) mass is 295 g/mol. The van der Waals surface area contributed by atoms with Crippen LogP contribution in [-0.2, 0) is 19.4 Å². The third-order valence-electron chi connectivity index (χ3n) is 4.62. The minimum Gasteiger partial charge on any atom is -0.297 e. The molecule has 1 heterocycles. The highest BCUT2D eigenvalue weighted by Gasteiger charge is 2.34. The SMILES string of the molecule is CCc1cc(CC(NN)C(C)(C)N(CC)CC)n(CC)n1. The fourth-order valence-corrected chi connectivity index (χ4v) is 3.11. The Hall–Kier alpha value is -0.910. The van der Waals surface area contributed by atoms with E-state index in [1.165, 1.54) is 5.69 Å². The molecule has 1 atom stereocenters. The molecule has 1 aromatic rings. The molecule has 0 aromatic carbocycles. The molecule has 0 amide bonds. The first-order valence-corrected chi connectivity index (χ1v) is 8.21. The Balaban J connectivity index is 2.98. The first-order valence-electron chi connectivity index (χ1n) is 8.21. The first-order chi connectivity index (χ1) is 9.94. The molecule has 5 nitrogen and oxygen atoms in total. The Kier molecular flexibility index (Phi) is 6.84. The normalized spacial score (nSPS) is 13.9. The fourth-order valence-electron chi connectivity index (χ4n) is 3.11. The fraction of sp³-hybridized carbons (Fsp3) is 0.812. The zero-order valence-electron chi connectivity index (χ0n) is 14.6. The molecule has 0 spiro atoms. The van der Waals surface area contributed by atoms with Crippen LogP contribution in [0.1, 0.15) is 52.9 Å². The van der Waals surface area contributed by atoms with Crippen molar-refractivity contribution >= 4 is 0 Å². The quantitative estimate of drug-likeness (QED) is 0.540. The highest BCUT2D eigenvalue weighted by molar-refractivity contribution is 5.13. The maximum atomic E-state index is 5.88. The van der Waals surface area contributed by atoms with Crippen LogP contribution in [0, 0.1) is 0 Å². The van der Waals surface area contributed by atoms with Crippen molar-refractivity contribution in [3.05, 3.63) is 17.5 Å². The van der Waals surface area contributed by atoms with Crippen molar-refractivity contribution in [2.45, 2.75) is 72.5 Å². The molecule has 1 unspecified atom stereocenters. The van der Waals surface area contributed by atoms with Crippen LogP contribution < -0.4 is 11.3 Å². The van der Waals surface area contributed by atoms with Gasteiger partial charge in [-0.05, 0) is 46.3 Å². The van der Waals surface area contributed by atoms with Gasteiger partial charge in [-0.25, -0.2) is 0 Å². The lowest BCUT2D eigenvalue weighted by molar-refractivity contribution is 0.0903. The molecule has 21 heavy (non-hydrogen) atoms. The zero-order valence-corrected chi connectivity index (χ0v) is 14.6. The van der Waals surface area contributed by atoms with Crippen LogP contribution in [0.3, 0.4) is 0 Å². The number of aryl methyl sites for hydroxylation is 2. The third kappa shape index (κ3) is 4.05. The zero-order chi connectivity index (χ0) is 16.0. The van der Waals surface area contributed by atoms with Gasteiger partial charge >= 0.3 is 0 Å². The summed E-state index contributed by atoms with van der Waals surface area (Å²) < 4.78 is 2.10. The Morgan fingerprint density at radius 3 is 2.33 bits per heavy atom. The number of nitrogens with zero attached hydrogens (tertiary/aromatic N) is 3. The average molecular weight is 295 g/mol. The van der Waals surface area contributed by atoms with E-state index in [9.17, 15) is 0 Å². The van der Waals surface area contributed by atoms with Crippen molar-refractivity contribution in [2.75, 3.05) is 13.1 Å². The summed E-state index contributed by atoms with van der Waals surface area (Å²) in [7, 11) is 0. The summed E-state index contributed by atoms with van der Waals surface area (Å²) in [5, 5.41) is 4.64. The second-order valence-electron chi connectivity index (χ2n) is 6.05. The van der Waals surface area contributed by atoms with Crippen LogP contribution in [0.5, 0.6) is 0 Å². The molecular formula is C16H33N5. The van der Waals surface area contributed by atoms with Gasteiger partial charge in [0.1, 0.15) is 0 Å². The number of hydrogen-bond donors (Lipinski definition) is 2. The van der Waals surface area contributed by atoms with E-state index in [1.54, 1.807) is 0 Å². The van der Waals surface area contributed by atoms with Gasteiger partial charge in [0, 0.05) is 30.2 Å². The summed E-state index contributed by atoms with van der Waals surface area (Å²) in [4.78, 5) is 2.45. The maximum absolute atomic E-state index is 5.88. The number of hydrazine groups is 1. The lowest BCUT2D eigenvalue weighted by atomic mass is 9.89. The summed E-state index contributed by atoms with van der Waals surface area (Å²) in [5.41, 5.74) is 5.45. The van der Waals surface area contributed by atoms with Gasteiger partial charge in [-0.2, -0.15) is 5.10 Å². The molecule has 1 aromatic heterocycles. The number of aromatic nitrogens is 2. The van der Waals surface area contributed by atoms with E-state index in [-0.39, 0.29) is 11.6 Å². The minimum atomic E-state index is -0.00648. The molecule has 3 N–H and O–H groups in total. The van der Waals surface area contributed by atoms with Crippen molar-refractivity contribution in [3.8, 4) is 0 Å². The molecule has 0 fully saturated rings. The number of hydrogen-bond acceptors (Lipinski definition) is 4. The smallest absolute Gasteiger partial charge is 0.0624 e. The van der Waals surface area contributed by atoms with Crippen LogP contribution in [-0.4, -0.2) is 39.4 Å². The average Bonchev–Trinajstić information content (AvgIpc) is 2.87. The molecule has 0 saturated carbocycles. The lowest BCUT2D eigenvalue weighted by Crippen LogP contribution is -2.60. The van der Waals surface area contributed by atoms with Gasteiger partial charge in [0.2, 0.25) is 0 Å². The van der Waals surface area contributed by atoms with E-state index in [4.69, 9.17) is 5.84 Å². The van der Waals surface area contributed by atoms with Crippen molar-refractivity contribution in [2.24, 2.45) is 5.84 Å². The van der Waals surface area contributed by atoms with Crippen molar-refractivity contribution < 1.29 is 0 Å². The van der Waals surface area contributed by atoms with E-state index in [2.05, 4.69) is 67.7 Å². The molecule has 0 aliphatic carbocycles. The predicted octanol–water partition coefficient (Wildman–Crippen LogP) is 1.96. The van der Waals surface area contributed by atoms with Gasteiger partial charge in [-0.1, -0.05) is 20.8 Å². The predicted molar refractivity (Wildman–Crippen MR) is 89.1 cm³/mol. The van der Waals surface area contributed by atoms with Gasteiger partial charge < -0.3 is 0 Å². The Morgan fingerprint density at radius 2 is 1.90 bits per heavy atom. The maximum Gasteiger partial charge on any atom is 0.0624 e. The minimum absolute atomic E-state index is 0.00648. The molecule has 0 aliphatic heterocycles. The number of rotatable bonds is 9.